The van der Waals surface area contributed by atoms with Gasteiger partial charge in [-0.2, -0.15) is 0 Å². The fourth-order valence-electron chi connectivity index (χ4n) is 2.47. The Balaban J connectivity index is 1.91. The molecular weight excluding hydrogens is 252 g/mol. The van der Waals surface area contributed by atoms with Gasteiger partial charge >= 0.3 is 0 Å². The Hall–Kier alpha value is -1.26. The van der Waals surface area contributed by atoms with Crippen molar-refractivity contribution >= 4 is 5.69 Å². The van der Waals surface area contributed by atoms with Crippen LogP contribution in [0.5, 0.6) is 5.75 Å². The fourth-order valence-corrected chi connectivity index (χ4v) is 2.47. The summed E-state index contributed by atoms with van der Waals surface area (Å²) >= 11 is 0. The molecule has 0 saturated carbocycles. The van der Waals surface area contributed by atoms with E-state index in [1.807, 2.05) is 0 Å². The molecule has 0 amide bonds. The average molecular weight is 278 g/mol. The molecule has 20 heavy (non-hydrogen) atoms. The van der Waals surface area contributed by atoms with Crippen LogP contribution >= 0.6 is 0 Å². The summed E-state index contributed by atoms with van der Waals surface area (Å²) < 4.78 is 5.91. The summed E-state index contributed by atoms with van der Waals surface area (Å²) in [6.07, 6.45) is 3.10. The van der Waals surface area contributed by atoms with E-state index in [0.29, 0.717) is 6.04 Å². The van der Waals surface area contributed by atoms with Gasteiger partial charge in [0.1, 0.15) is 11.9 Å². The lowest BCUT2D eigenvalue weighted by molar-refractivity contribution is 0.202. The van der Waals surface area contributed by atoms with Crippen molar-refractivity contribution in [3.63, 3.8) is 0 Å². The van der Waals surface area contributed by atoms with E-state index < -0.39 is 0 Å². The molecule has 4 nitrogen and oxygen atoms in total. The second-order valence-corrected chi connectivity index (χ2v) is 5.50. The molecule has 4 heteroatoms. The van der Waals surface area contributed by atoms with Crippen LogP contribution in [0.2, 0.25) is 0 Å². The molecule has 3 N–H and O–H groups in total. The molecule has 2 rings (SSSR count). The van der Waals surface area contributed by atoms with Gasteiger partial charge in [-0.05, 0) is 50.4 Å². The third-order valence-electron chi connectivity index (χ3n) is 3.68. The number of hydrogen-bond acceptors (Lipinski definition) is 4. The normalized spacial score (nSPS) is 18.9. The zero-order chi connectivity index (χ0) is 14.4. The van der Waals surface area contributed by atoms with Gasteiger partial charge in [0.2, 0.25) is 0 Å². The SMILES string of the molecule is CCC1CNc2cc(CC(C)NCCCO)ccc2O1. The van der Waals surface area contributed by atoms with Gasteiger partial charge in [0, 0.05) is 12.6 Å². The van der Waals surface area contributed by atoms with Crippen molar-refractivity contribution in [2.24, 2.45) is 0 Å². The van der Waals surface area contributed by atoms with Crippen LogP contribution in [0.4, 0.5) is 5.69 Å². The number of benzene rings is 1. The summed E-state index contributed by atoms with van der Waals surface area (Å²) in [5.41, 5.74) is 2.41. The number of rotatable bonds is 7. The van der Waals surface area contributed by atoms with Crippen LogP contribution in [0.25, 0.3) is 0 Å². The first-order valence-electron chi connectivity index (χ1n) is 7.60. The highest BCUT2D eigenvalue weighted by Gasteiger charge is 2.17. The fraction of sp³-hybridized carbons (Fsp3) is 0.625. The first kappa shape index (κ1) is 15.1. The number of ether oxygens (including phenoxy) is 1. The average Bonchev–Trinajstić information content (AvgIpc) is 2.47. The minimum absolute atomic E-state index is 0.248. The quantitative estimate of drug-likeness (QED) is 0.669. The van der Waals surface area contributed by atoms with Gasteiger partial charge in [0.25, 0.3) is 0 Å². The first-order chi connectivity index (χ1) is 9.72. The monoisotopic (exact) mass is 278 g/mol. The predicted molar refractivity (Wildman–Crippen MR) is 82.5 cm³/mol. The van der Waals surface area contributed by atoms with Crippen LogP contribution in [0.1, 0.15) is 32.3 Å². The van der Waals surface area contributed by atoms with Crippen LogP contribution in [0, 0.1) is 0 Å². The molecule has 2 atom stereocenters. The van der Waals surface area contributed by atoms with Crippen LogP contribution in [0.15, 0.2) is 18.2 Å². The third kappa shape index (κ3) is 4.12. The number of nitrogens with one attached hydrogen (secondary N) is 2. The van der Waals surface area contributed by atoms with Gasteiger partial charge in [0.15, 0.2) is 0 Å². The molecule has 112 valence electrons. The number of hydrogen-bond donors (Lipinski definition) is 3. The molecule has 0 aliphatic carbocycles. The zero-order valence-corrected chi connectivity index (χ0v) is 12.5. The van der Waals surface area contributed by atoms with E-state index in [4.69, 9.17) is 9.84 Å². The van der Waals surface area contributed by atoms with Crippen molar-refractivity contribution in [3.8, 4) is 5.75 Å². The van der Waals surface area contributed by atoms with Crippen LogP contribution < -0.4 is 15.4 Å². The maximum atomic E-state index is 8.78. The van der Waals surface area contributed by atoms with E-state index in [-0.39, 0.29) is 12.7 Å². The lowest BCUT2D eigenvalue weighted by Crippen LogP contribution is -2.31. The minimum atomic E-state index is 0.248. The second kappa shape index (κ2) is 7.50. The van der Waals surface area contributed by atoms with Crippen molar-refractivity contribution in [1.82, 2.24) is 5.32 Å². The molecule has 2 unspecified atom stereocenters. The van der Waals surface area contributed by atoms with Gasteiger partial charge in [-0.1, -0.05) is 13.0 Å². The zero-order valence-electron chi connectivity index (χ0n) is 12.5. The standard InChI is InChI=1S/C16H26N2O2/c1-3-14-11-18-15-10-13(5-6-16(15)20-14)9-12(2)17-7-4-8-19/h5-6,10,12,14,17-19H,3-4,7-9,11H2,1-2H3. The Labute approximate surface area is 121 Å². The van der Waals surface area contributed by atoms with E-state index >= 15 is 0 Å². The molecule has 0 bridgehead atoms. The molecule has 1 aliphatic heterocycles. The van der Waals surface area contributed by atoms with Crippen molar-refractivity contribution < 1.29 is 9.84 Å². The molecule has 1 heterocycles. The Morgan fingerprint density at radius 1 is 1.50 bits per heavy atom. The Bertz CT molecular complexity index is 423. The van der Waals surface area contributed by atoms with Gasteiger partial charge in [-0.25, -0.2) is 0 Å². The van der Waals surface area contributed by atoms with E-state index in [1.54, 1.807) is 0 Å². The molecule has 0 saturated heterocycles. The van der Waals surface area contributed by atoms with E-state index in [9.17, 15) is 0 Å². The van der Waals surface area contributed by atoms with Gasteiger partial charge < -0.3 is 20.5 Å². The summed E-state index contributed by atoms with van der Waals surface area (Å²) in [4.78, 5) is 0. The van der Waals surface area contributed by atoms with Crippen molar-refractivity contribution in [2.75, 3.05) is 25.0 Å². The first-order valence-corrected chi connectivity index (χ1v) is 7.60. The van der Waals surface area contributed by atoms with Gasteiger partial charge in [0.05, 0.1) is 12.2 Å². The van der Waals surface area contributed by atoms with Crippen LogP contribution in [-0.4, -0.2) is 36.9 Å². The molecule has 0 fully saturated rings. The number of anilines is 1. The van der Waals surface area contributed by atoms with E-state index in [1.165, 1.54) is 5.56 Å². The highest BCUT2D eigenvalue weighted by atomic mass is 16.5. The summed E-state index contributed by atoms with van der Waals surface area (Å²) in [5, 5.41) is 15.6. The minimum Gasteiger partial charge on any atom is -0.486 e. The maximum Gasteiger partial charge on any atom is 0.142 e. The predicted octanol–water partition coefficient (Wildman–Crippen LogP) is 2.17. The number of aliphatic hydroxyl groups excluding tert-OH is 1. The van der Waals surface area contributed by atoms with Crippen molar-refractivity contribution in [3.05, 3.63) is 23.8 Å². The summed E-state index contributed by atoms with van der Waals surface area (Å²) in [6, 6.07) is 6.81. The molecule has 0 radical (unpaired) electrons. The summed E-state index contributed by atoms with van der Waals surface area (Å²) in [7, 11) is 0. The maximum absolute atomic E-state index is 8.78. The Morgan fingerprint density at radius 2 is 2.35 bits per heavy atom. The molecule has 0 spiro atoms. The molecular formula is C16H26N2O2. The smallest absolute Gasteiger partial charge is 0.142 e. The molecule has 1 aromatic carbocycles. The highest BCUT2D eigenvalue weighted by Crippen LogP contribution is 2.30. The van der Waals surface area contributed by atoms with Crippen molar-refractivity contribution in [1.29, 1.82) is 0 Å². The number of aliphatic hydroxyl groups is 1. The number of fused-ring (bicyclic) bond motifs is 1. The molecule has 0 aromatic heterocycles. The van der Waals surface area contributed by atoms with E-state index in [0.717, 1.165) is 43.8 Å². The Morgan fingerprint density at radius 3 is 3.10 bits per heavy atom. The topological polar surface area (TPSA) is 53.5 Å². The summed E-state index contributed by atoms with van der Waals surface area (Å²) in [6.45, 7) is 6.32. The second-order valence-electron chi connectivity index (χ2n) is 5.50. The summed E-state index contributed by atoms with van der Waals surface area (Å²) in [5.74, 6) is 0.966. The van der Waals surface area contributed by atoms with E-state index in [2.05, 4.69) is 42.7 Å². The lowest BCUT2D eigenvalue weighted by Gasteiger charge is -2.27. The Kier molecular flexibility index (Phi) is 5.68. The lowest BCUT2D eigenvalue weighted by atomic mass is 10.0. The van der Waals surface area contributed by atoms with Crippen LogP contribution in [-0.2, 0) is 6.42 Å². The van der Waals surface area contributed by atoms with Gasteiger partial charge in [-0.15, -0.1) is 0 Å². The molecule has 1 aliphatic rings. The third-order valence-corrected chi connectivity index (χ3v) is 3.68. The largest absolute Gasteiger partial charge is 0.486 e. The van der Waals surface area contributed by atoms with Gasteiger partial charge in [-0.3, -0.25) is 0 Å². The molecule has 1 aromatic rings. The highest BCUT2D eigenvalue weighted by molar-refractivity contribution is 5.59. The van der Waals surface area contributed by atoms with Crippen LogP contribution in [0.3, 0.4) is 0 Å². The van der Waals surface area contributed by atoms with Crippen molar-refractivity contribution in [2.45, 2.75) is 45.3 Å².